The third-order valence-electron chi connectivity index (χ3n) is 0.974. The predicted octanol–water partition coefficient (Wildman–Crippen LogP) is 2.01. The van der Waals surface area contributed by atoms with Crippen LogP contribution in [0.1, 0.15) is 10.4 Å². The minimum absolute atomic E-state index is 0. The normalized spacial score (nSPS) is 8.45. The molecule has 0 saturated carbocycles. The third-order valence-corrected chi connectivity index (χ3v) is 1.18. The third kappa shape index (κ3) is 2.86. The number of hydrogen-bond donors (Lipinski definition) is 1. The number of halogens is 2. The van der Waals surface area contributed by atoms with Gasteiger partial charge in [-0.25, -0.2) is 9.78 Å². The van der Waals surface area contributed by atoms with Crippen LogP contribution < -0.4 is 0 Å². The van der Waals surface area contributed by atoms with Gasteiger partial charge in [-0.2, -0.15) is 0 Å². The summed E-state index contributed by atoms with van der Waals surface area (Å²) in [5, 5.41) is 8.62. The molecule has 5 heteroatoms. The Balaban J connectivity index is 0.000001000. The molecule has 1 heterocycles. The molecular weight excluding hydrogens is 233 g/mol. The summed E-state index contributed by atoms with van der Waals surface area (Å²) in [6, 6.07) is 2.68. The number of carboxylic acids is 1. The number of pyridine rings is 1. The van der Waals surface area contributed by atoms with Crippen LogP contribution in [-0.2, 0) is 0 Å². The zero-order valence-electron chi connectivity index (χ0n) is 5.32. The summed E-state index contributed by atoms with van der Waals surface area (Å²) in [5.41, 5.74) is 0.153. The standard InChI is InChI=1S/C6H4ClNO2.BrH/c7-5-3-4(6(9)10)1-2-8-5;/h1-3H,(H,9,10);1H. The van der Waals surface area contributed by atoms with Crippen LogP contribution in [0.5, 0.6) is 0 Å². The van der Waals surface area contributed by atoms with Crippen LogP contribution in [0.3, 0.4) is 0 Å². The van der Waals surface area contributed by atoms with Gasteiger partial charge in [0.25, 0.3) is 0 Å². The summed E-state index contributed by atoms with van der Waals surface area (Å²) in [7, 11) is 0. The number of hydrogen-bond acceptors (Lipinski definition) is 2. The van der Waals surface area contributed by atoms with Crippen molar-refractivity contribution in [3.63, 3.8) is 0 Å². The molecule has 3 nitrogen and oxygen atoms in total. The minimum Gasteiger partial charge on any atom is -0.478 e. The Hall–Kier alpha value is -0.610. The molecular formula is C6H5BrClNO2. The van der Waals surface area contributed by atoms with Crippen LogP contribution in [0.25, 0.3) is 0 Å². The molecule has 0 radical (unpaired) electrons. The van der Waals surface area contributed by atoms with Crippen molar-refractivity contribution in [2.45, 2.75) is 0 Å². The van der Waals surface area contributed by atoms with E-state index in [4.69, 9.17) is 16.7 Å². The number of carboxylic acid groups (broad SMARTS) is 1. The van der Waals surface area contributed by atoms with Crippen molar-refractivity contribution in [1.82, 2.24) is 4.98 Å². The second kappa shape index (κ2) is 4.31. The van der Waals surface area contributed by atoms with Gasteiger partial charge in [0.05, 0.1) is 5.56 Å². The molecule has 0 saturated heterocycles. The van der Waals surface area contributed by atoms with Crippen molar-refractivity contribution in [1.29, 1.82) is 0 Å². The van der Waals surface area contributed by atoms with Gasteiger partial charge in [-0.05, 0) is 12.1 Å². The molecule has 0 aromatic carbocycles. The van der Waals surface area contributed by atoms with E-state index in [2.05, 4.69) is 4.98 Å². The number of aromatic nitrogens is 1. The molecule has 0 unspecified atom stereocenters. The molecule has 1 aromatic rings. The Bertz CT molecular complexity index is 267. The largest absolute Gasteiger partial charge is 0.478 e. The van der Waals surface area contributed by atoms with Gasteiger partial charge in [-0.3, -0.25) is 0 Å². The smallest absolute Gasteiger partial charge is 0.335 e. The van der Waals surface area contributed by atoms with Crippen molar-refractivity contribution >= 4 is 34.6 Å². The molecule has 0 aliphatic carbocycles. The summed E-state index contributed by atoms with van der Waals surface area (Å²) in [4.78, 5) is 13.9. The topological polar surface area (TPSA) is 50.2 Å². The zero-order chi connectivity index (χ0) is 7.56. The lowest BCUT2D eigenvalue weighted by atomic mass is 10.3. The fourth-order valence-electron chi connectivity index (χ4n) is 0.535. The average molecular weight is 238 g/mol. The second-order valence-corrected chi connectivity index (χ2v) is 2.06. The first kappa shape index (κ1) is 10.4. The van der Waals surface area contributed by atoms with Gasteiger partial charge in [0, 0.05) is 6.20 Å². The van der Waals surface area contributed by atoms with Crippen LogP contribution >= 0.6 is 28.6 Å². The maximum Gasteiger partial charge on any atom is 0.335 e. The Kier molecular flexibility index (Phi) is 4.07. The van der Waals surface area contributed by atoms with E-state index in [1.807, 2.05) is 0 Å². The highest BCUT2D eigenvalue weighted by Crippen LogP contribution is 2.05. The van der Waals surface area contributed by atoms with Gasteiger partial charge in [-0.1, -0.05) is 11.6 Å². The molecule has 0 atom stereocenters. The van der Waals surface area contributed by atoms with Crippen LogP contribution in [0.15, 0.2) is 18.3 Å². The van der Waals surface area contributed by atoms with Gasteiger partial charge in [0.15, 0.2) is 0 Å². The van der Waals surface area contributed by atoms with Gasteiger partial charge in [0.2, 0.25) is 0 Å². The lowest BCUT2D eigenvalue weighted by molar-refractivity contribution is 0.0697. The first-order valence-corrected chi connectivity index (χ1v) is 2.93. The number of aromatic carboxylic acids is 1. The van der Waals surface area contributed by atoms with Crippen molar-refractivity contribution in [3.8, 4) is 0 Å². The molecule has 0 fully saturated rings. The van der Waals surface area contributed by atoms with Gasteiger partial charge >= 0.3 is 5.97 Å². The van der Waals surface area contributed by atoms with Crippen molar-refractivity contribution < 1.29 is 9.90 Å². The molecule has 0 bridgehead atoms. The summed E-state index contributed by atoms with van der Waals surface area (Å²) in [5.74, 6) is -0.996. The highest BCUT2D eigenvalue weighted by Gasteiger charge is 2.01. The van der Waals surface area contributed by atoms with E-state index in [0.717, 1.165) is 0 Å². The van der Waals surface area contributed by atoms with E-state index < -0.39 is 5.97 Å². The molecule has 0 spiro atoms. The van der Waals surface area contributed by atoms with E-state index in [0.29, 0.717) is 0 Å². The predicted molar refractivity (Wildman–Crippen MR) is 46.5 cm³/mol. The molecule has 60 valence electrons. The highest BCUT2D eigenvalue weighted by atomic mass is 79.9. The van der Waals surface area contributed by atoms with Crippen LogP contribution in [0.4, 0.5) is 0 Å². The van der Waals surface area contributed by atoms with E-state index >= 15 is 0 Å². The number of rotatable bonds is 1. The highest BCUT2D eigenvalue weighted by molar-refractivity contribution is 8.93. The van der Waals surface area contributed by atoms with Crippen LogP contribution in [0.2, 0.25) is 5.15 Å². The summed E-state index contributed by atoms with van der Waals surface area (Å²) in [6.07, 6.45) is 1.35. The Labute approximate surface area is 78.8 Å². The van der Waals surface area contributed by atoms with Gasteiger partial charge in [-0.15, -0.1) is 17.0 Å². The summed E-state index contributed by atoms with van der Waals surface area (Å²) in [6.45, 7) is 0. The molecule has 1 rings (SSSR count). The molecule has 11 heavy (non-hydrogen) atoms. The van der Waals surface area contributed by atoms with Gasteiger partial charge < -0.3 is 5.11 Å². The monoisotopic (exact) mass is 237 g/mol. The number of nitrogens with zero attached hydrogens (tertiary/aromatic N) is 1. The molecule has 1 aromatic heterocycles. The van der Waals surface area contributed by atoms with E-state index in [-0.39, 0.29) is 27.7 Å². The van der Waals surface area contributed by atoms with Crippen molar-refractivity contribution in [3.05, 3.63) is 29.0 Å². The maximum absolute atomic E-state index is 10.3. The fourth-order valence-corrected chi connectivity index (χ4v) is 0.709. The first-order chi connectivity index (χ1) is 4.70. The van der Waals surface area contributed by atoms with Crippen molar-refractivity contribution in [2.75, 3.05) is 0 Å². The zero-order valence-corrected chi connectivity index (χ0v) is 7.79. The quantitative estimate of drug-likeness (QED) is 0.762. The lowest BCUT2D eigenvalue weighted by Crippen LogP contribution is -1.95. The van der Waals surface area contributed by atoms with Crippen molar-refractivity contribution in [2.24, 2.45) is 0 Å². The van der Waals surface area contributed by atoms with Crippen LogP contribution in [-0.4, -0.2) is 16.1 Å². The fraction of sp³-hybridized carbons (Fsp3) is 0. The lowest BCUT2D eigenvalue weighted by Gasteiger charge is -1.91. The number of carbonyl (C=O) groups is 1. The average Bonchev–Trinajstić information content (AvgIpc) is 1.88. The molecule has 0 aliphatic heterocycles. The molecule has 0 aliphatic rings. The van der Waals surface area contributed by atoms with E-state index in [1.54, 1.807) is 0 Å². The Morgan fingerprint density at radius 3 is 2.64 bits per heavy atom. The molecule has 1 N–H and O–H groups in total. The minimum atomic E-state index is -0.996. The van der Waals surface area contributed by atoms with Gasteiger partial charge in [0.1, 0.15) is 5.15 Å². The summed E-state index contributed by atoms with van der Waals surface area (Å²) < 4.78 is 0. The van der Waals surface area contributed by atoms with Crippen LogP contribution in [0, 0.1) is 0 Å². The summed E-state index contributed by atoms with van der Waals surface area (Å²) >= 11 is 5.41. The second-order valence-electron chi connectivity index (χ2n) is 1.67. The SMILES string of the molecule is Br.O=C(O)c1ccnc(Cl)c1. The van der Waals surface area contributed by atoms with E-state index in [1.165, 1.54) is 18.3 Å². The Morgan fingerprint density at radius 2 is 2.27 bits per heavy atom. The molecule has 0 amide bonds. The van der Waals surface area contributed by atoms with E-state index in [9.17, 15) is 4.79 Å². The first-order valence-electron chi connectivity index (χ1n) is 2.55. The Morgan fingerprint density at radius 1 is 1.64 bits per heavy atom. The maximum atomic E-state index is 10.3.